The summed E-state index contributed by atoms with van der Waals surface area (Å²) in [5.74, 6) is 0.391. The molecule has 3 aliphatic rings. The Kier molecular flexibility index (Phi) is 3.70. The average Bonchev–Trinajstić information content (AvgIpc) is 3.36. The Bertz CT molecular complexity index is 787. The molecule has 1 saturated carbocycles. The second-order valence-corrected chi connectivity index (χ2v) is 7.56. The molecule has 4 nitrogen and oxygen atoms in total. The number of aliphatic imine (C=N–C) groups is 1. The van der Waals surface area contributed by atoms with Crippen molar-refractivity contribution in [3.05, 3.63) is 41.0 Å². The van der Waals surface area contributed by atoms with E-state index >= 15 is 0 Å². The molecule has 4 rings (SSSR count). The molecule has 1 aromatic rings. The lowest BCUT2D eigenvalue weighted by atomic mass is 9.97. The van der Waals surface area contributed by atoms with Crippen LogP contribution in [0.5, 0.6) is 0 Å². The molecule has 3 atom stereocenters. The highest BCUT2D eigenvalue weighted by molar-refractivity contribution is 7.77. The third kappa shape index (κ3) is 2.37. The van der Waals surface area contributed by atoms with Crippen LogP contribution in [0, 0.1) is 37.0 Å². The third-order valence-corrected chi connectivity index (χ3v) is 5.85. The summed E-state index contributed by atoms with van der Waals surface area (Å²) in [7, 11) is 0. The van der Waals surface area contributed by atoms with E-state index in [-0.39, 0.29) is 18.1 Å². The van der Waals surface area contributed by atoms with E-state index < -0.39 is 0 Å². The summed E-state index contributed by atoms with van der Waals surface area (Å²) in [6, 6.07) is 9.01. The predicted molar refractivity (Wildman–Crippen MR) is 99.1 cm³/mol. The normalized spacial score (nSPS) is 29.8. The summed E-state index contributed by atoms with van der Waals surface area (Å²) in [6.45, 7) is 6.30. The number of hydrogen-bond donors (Lipinski definition) is 1. The second-order valence-electron chi connectivity index (χ2n) is 7.15. The number of aryl methyl sites for hydroxylation is 2. The van der Waals surface area contributed by atoms with Crippen molar-refractivity contribution >= 4 is 24.2 Å². The van der Waals surface area contributed by atoms with E-state index in [1.54, 1.807) is 0 Å². The fraction of sp³-hybridized carbons (Fsp3) is 0.474. The number of nitriles is 1. The van der Waals surface area contributed by atoms with Crippen LogP contribution in [0.4, 0.5) is 0 Å². The SMILES string of the molecule is Cc1ccc(C2=CC(C3CC3)=NC3C(C#N)C(C)N(S)N23)c(C)c1. The number of benzene rings is 1. The lowest BCUT2D eigenvalue weighted by molar-refractivity contribution is 0.159. The largest absolute Gasteiger partial charge is 0.270 e. The van der Waals surface area contributed by atoms with Crippen molar-refractivity contribution < 1.29 is 0 Å². The fourth-order valence-corrected chi connectivity index (χ4v) is 4.07. The standard InChI is InChI=1S/C19H22N4S/c1-11-4-7-15(12(2)8-11)18-9-17(14-5-6-14)21-19-16(10-20)13(3)23(24)22(18)19/h4,7-9,13-14,16,19,24H,5-6H2,1-3H3. The first-order valence-electron chi connectivity index (χ1n) is 8.55. The number of thiol groups is 1. The van der Waals surface area contributed by atoms with Crippen LogP contribution in [-0.4, -0.2) is 27.3 Å². The molecule has 0 radical (unpaired) electrons. The van der Waals surface area contributed by atoms with Crippen LogP contribution < -0.4 is 0 Å². The minimum absolute atomic E-state index is 0.0276. The first-order chi connectivity index (χ1) is 11.5. The highest BCUT2D eigenvalue weighted by atomic mass is 32.1. The molecule has 2 heterocycles. The first kappa shape index (κ1) is 15.7. The Labute approximate surface area is 149 Å². The summed E-state index contributed by atoms with van der Waals surface area (Å²) in [6.07, 6.45) is 4.46. The lowest BCUT2D eigenvalue weighted by Gasteiger charge is -2.35. The summed E-state index contributed by atoms with van der Waals surface area (Å²) in [4.78, 5) is 4.94. The minimum Gasteiger partial charge on any atom is -0.270 e. The van der Waals surface area contributed by atoms with E-state index in [9.17, 15) is 5.26 Å². The highest BCUT2D eigenvalue weighted by Crippen LogP contribution is 2.44. The molecule has 5 heteroatoms. The van der Waals surface area contributed by atoms with Gasteiger partial charge in [-0.1, -0.05) is 36.6 Å². The maximum Gasteiger partial charge on any atom is 0.154 e. The molecule has 124 valence electrons. The molecule has 0 amide bonds. The average molecular weight is 338 g/mol. The molecule has 0 N–H and O–H groups in total. The van der Waals surface area contributed by atoms with Gasteiger partial charge in [0.15, 0.2) is 6.17 Å². The Balaban J connectivity index is 1.85. The molecular formula is C19H22N4S. The highest BCUT2D eigenvalue weighted by Gasteiger charge is 2.48. The number of rotatable bonds is 2. The summed E-state index contributed by atoms with van der Waals surface area (Å²) < 4.78 is 1.89. The van der Waals surface area contributed by atoms with Crippen LogP contribution in [0.1, 0.15) is 36.5 Å². The van der Waals surface area contributed by atoms with Crippen molar-refractivity contribution in [2.24, 2.45) is 16.8 Å². The van der Waals surface area contributed by atoms with Crippen LogP contribution in [0.2, 0.25) is 0 Å². The Hall–Kier alpha value is -1.77. The van der Waals surface area contributed by atoms with Gasteiger partial charge < -0.3 is 0 Å². The van der Waals surface area contributed by atoms with Gasteiger partial charge in [0.1, 0.15) is 5.92 Å². The third-order valence-electron chi connectivity index (χ3n) is 5.29. The topological polar surface area (TPSA) is 42.6 Å². The fourth-order valence-electron chi connectivity index (χ4n) is 3.73. The van der Waals surface area contributed by atoms with Gasteiger partial charge in [-0.2, -0.15) is 9.68 Å². The molecule has 2 aliphatic heterocycles. The van der Waals surface area contributed by atoms with Crippen molar-refractivity contribution in [1.29, 1.82) is 5.26 Å². The van der Waals surface area contributed by atoms with Crippen molar-refractivity contribution in [2.45, 2.75) is 45.8 Å². The van der Waals surface area contributed by atoms with Crippen LogP contribution in [0.3, 0.4) is 0 Å². The van der Waals surface area contributed by atoms with Crippen molar-refractivity contribution in [1.82, 2.24) is 9.42 Å². The van der Waals surface area contributed by atoms with Crippen LogP contribution >= 0.6 is 12.8 Å². The molecule has 2 fully saturated rings. The number of allylic oxidation sites excluding steroid dienone is 1. The summed E-state index contributed by atoms with van der Waals surface area (Å²) >= 11 is 4.68. The second kappa shape index (κ2) is 5.65. The zero-order valence-electron chi connectivity index (χ0n) is 14.3. The van der Waals surface area contributed by atoms with Gasteiger partial charge >= 0.3 is 0 Å². The number of hydrazine groups is 1. The maximum absolute atomic E-state index is 9.66. The molecule has 0 bridgehead atoms. The zero-order chi connectivity index (χ0) is 17.0. The molecule has 3 unspecified atom stereocenters. The minimum atomic E-state index is -0.175. The maximum atomic E-state index is 9.66. The molecule has 1 saturated heterocycles. The number of fused-ring (bicyclic) bond motifs is 1. The van der Waals surface area contributed by atoms with Gasteiger partial charge in [0.2, 0.25) is 0 Å². The van der Waals surface area contributed by atoms with E-state index in [0.29, 0.717) is 5.92 Å². The van der Waals surface area contributed by atoms with Crippen molar-refractivity contribution in [3.8, 4) is 6.07 Å². The quantitative estimate of drug-likeness (QED) is 0.835. The van der Waals surface area contributed by atoms with E-state index in [2.05, 4.69) is 62.0 Å². The molecule has 24 heavy (non-hydrogen) atoms. The number of hydrogen-bond acceptors (Lipinski definition) is 5. The number of nitrogens with zero attached hydrogens (tertiary/aromatic N) is 4. The van der Waals surface area contributed by atoms with Crippen LogP contribution in [-0.2, 0) is 0 Å². The lowest BCUT2D eigenvalue weighted by Crippen LogP contribution is -2.38. The van der Waals surface area contributed by atoms with Gasteiger partial charge in [-0.15, -0.1) is 0 Å². The van der Waals surface area contributed by atoms with Crippen molar-refractivity contribution in [3.63, 3.8) is 0 Å². The molecule has 1 aliphatic carbocycles. The molecule has 0 aromatic heterocycles. The van der Waals surface area contributed by atoms with Crippen molar-refractivity contribution in [2.75, 3.05) is 0 Å². The smallest absolute Gasteiger partial charge is 0.154 e. The van der Waals surface area contributed by atoms with Crippen LogP contribution in [0.25, 0.3) is 5.70 Å². The van der Waals surface area contributed by atoms with E-state index in [4.69, 9.17) is 4.99 Å². The van der Waals surface area contributed by atoms with Gasteiger partial charge in [-0.3, -0.25) is 10.0 Å². The van der Waals surface area contributed by atoms with E-state index in [1.165, 1.54) is 29.5 Å². The van der Waals surface area contributed by atoms with Gasteiger partial charge in [0.25, 0.3) is 0 Å². The van der Waals surface area contributed by atoms with E-state index in [1.807, 2.05) is 11.3 Å². The van der Waals surface area contributed by atoms with E-state index in [0.717, 1.165) is 11.4 Å². The summed E-state index contributed by atoms with van der Waals surface area (Å²) in [5.41, 5.74) is 5.97. The molecule has 0 spiro atoms. The molecular weight excluding hydrogens is 316 g/mol. The first-order valence-corrected chi connectivity index (χ1v) is 8.95. The van der Waals surface area contributed by atoms with Gasteiger partial charge in [0, 0.05) is 17.2 Å². The van der Waals surface area contributed by atoms with Crippen LogP contribution in [0.15, 0.2) is 29.3 Å². The Morgan fingerprint density at radius 3 is 2.67 bits per heavy atom. The monoisotopic (exact) mass is 338 g/mol. The summed E-state index contributed by atoms with van der Waals surface area (Å²) in [5, 5.41) is 11.8. The predicted octanol–water partition coefficient (Wildman–Crippen LogP) is 3.74. The van der Waals surface area contributed by atoms with Gasteiger partial charge in [-0.05, 0) is 45.3 Å². The Morgan fingerprint density at radius 2 is 2.04 bits per heavy atom. The zero-order valence-corrected chi connectivity index (χ0v) is 15.2. The molecule has 1 aromatic carbocycles. The Morgan fingerprint density at radius 1 is 1.29 bits per heavy atom. The van der Waals surface area contributed by atoms with Gasteiger partial charge in [-0.25, -0.2) is 0 Å². The van der Waals surface area contributed by atoms with Gasteiger partial charge in [0.05, 0.1) is 17.8 Å².